The van der Waals surface area contributed by atoms with E-state index in [-0.39, 0.29) is 17.8 Å². The van der Waals surface area contributed by atoms with E-state index in [1.54, 1.807) is 16.9 Å². The van der Waals surface area contributed by atoms with E-state index in [2.05, 4.69) is 23.8 Å². The van der Waals surface area contributed by atoms with Crippen molar-refractivity contribution < 1.29 is 9.18 Å². The monoisotopic (exact) mass is 358 g/mol. The van der Waals surface area contributed by atoms with Crippen molar-refractivity contribution in [2.45, 2.75) is 33.4 Å². The third kappa shape index (κ3) is 3.65. The van der Waals surface area contributed by atoms with Crippen LogP contribution in [0.4, 0.5) is 4.39 Å². The van der Waals surface area contributed by atoms with E-state index in [1.165, 1.54) is 6.07 Å². The van der Waals surface area contributed by atoms with E-state index < -0.39 is 0 Å². The number of hydrogen-bond donors (Lipinski definition) is 0. The summed E-state index contributed by atoms with van der Waals surface area (Å²) in [6.07, 6.45) is 1.65. The van der Waals surface area contributed by atoms with Gasteiger partial charge >= 0.3 is 0 Å². The number of halogens is 1. The summed E-state index contributed by atoms with van der Waals surface area (Å²) in [5.41, 5.74) is 2.25. The first-order valence-electron chi connectivity index (χ1n) is 9.13. The van der Waals surface area contributed by atoms with Gasteiger partial charge in [-0.05, 0) is 18.9 Å². The average molecular weight is 358 g/mol. The maximum Gasteiger partial charge on any atom is 0.257 e. The van der Waals surface area contributed by atoms with Gasteiger partial charge < -0.3 is 4.90 Å². The lowest BCUT2D eigenvalue weighted by Gasteiger charge is -2.43. The Balaban J connectivity index is 1.75. The highest BCUT2D eigenvalue weighted by Crippen LogP contribution is 2.22. The lowest BCUT2D eigenvalue weighted by atomic mass is 9.98. The quantitative estimate of drug-likeness (QED) is 0.844. The van der Waals surface area contributed by atoms with Gasteiger partial charge in [-0.3, -0.25) is 14.4 Å². The summed E-state index contributed by atoms with van der Waals surface area (Å²) in [4.78, 5) is 17.3. The molecule has 1 amide bonds. The standard InChI is InChI=1S/C20H27FN4O/c1-14(2)19-13-24(12-16-7-5-6-8-18(16)21)9-10-25(19)20(26)17-11-22-23(4)15(17)3/h5-8,11,14,19H,9-10,12-13H2,1-4H3/t19-/m1/s1. The second-order valence-electron chi connectivity index (χ2n) is 7.40. The van der Waals surface area contributed by atoms with Gasteiger partial charge in [0, 0.05) is 50.5 Å². The average Bonchev–Trinajstić information content (AvgIpc) is 2.95. The van der Waals surface area contributed by atoms with Crippen molar-refractivity contribution in [3.05, 3.63) is 53.1 Å². The van der Waals surface area contributed by atoms with Crippen LogP contribution in [0.15, 0.2) is 30.5 Å². The van der Waals surface area contributed by atoms with Gasteiger partial charge in [-0.2, -0.15) is 5.10 Å². The molecular weight excluding hydrogens is 331 g/mol. The van der Waals surface area contributed by atoms with Crippen LogP contribution in [-0.4, -0.2) is 51.2 Å². The lowest BCUT2D eigenvalue weighted by molar-refractivity contribution is 0.0325. The molecule has 0 N–H and O–H groups in total. The molecule has 1 saturated heterocycles. The minimum absolute atomic E-state index is 0.0415. The molecule has 2 heterocycles. The van der Waals surface area contributed by atoms with Gasteiger partial charge in [0.1, 0.15) is 5.82 Å². The molecule has 6 heteroatoms. The molecule has 0 radical (unpaired) electrons. The van der Waals surface area contributed by atoms with Crippen LogP contribution in [-0.2, 0) is 13.6 Å². The predicted octanol–water partition coefficient (Wildman–Crippen LogP) is 2.85. The zero-order valence-corrected chi connectivity index (χ0v) is 15.9. The highest BCUT2D eigenvalue weighted by Gasteiger charge is 2.34. The van der Waals surface area contributed by atoms with Gasteiger partial charge in [0.2, 0.25) is 0 Å². The van der Waals surface area contributed by atoms with E-state index in [4.69, 9.17) is 0 Å². The molecular formula is C20H27FN4O. The zero-order valence-electron chi connectivity index (χ0n) is 15.9. The first-order chi connectivity index (χ1) is 12.4. The summed E-state index contributed by atoms with van der Waals surface area (Å²) >= 11 is 0. The number of carbonyl (C=O) groups is 1. The molecule has 0 saturated carbocycles. The fourth-order valence-corrected chi connectivity index (χ4v) is 3.57. The molecule has 0 unspecified atom stereocenters. The zero-order chi connectivity index (χ0) is 18.8. The van der Waals surface area contributed by atoms with Crippen LogP contribution in [0.5, 0.6) is 0 Å². The number of nitrogens with zero attached hydrogens (tertiary/aromatic N) is 4. The number of aromatic nitrogens is 2. The van der Waals surface area contributed by atoms with Crippen molar-refractivity contribution in [2.75, 3.05) is 19.6 Å². The molecule has 1 aliphatic heterocycles. The van der Waals surface area contributed by atoms with Crippen LogP contribution in [0.2, 0.25) is 0 Å². The SMILES string of the molecule is Cc1c(C(=O)N2CCN(Cc3ccccc3F)C[C@@H]2C(C)C)cnn1C. The van der Waals surface area contributed by atoms with E-state index in [1.807, 2.05) is 31.0 Å². The normalized spacial score (nSPS) is 18.5. The first-order valence-corrected chi connectivity index (χ1v) is 9.13. The molecule has 26 heavy (non-hydrogen) atoms. The fourth-order valence-electron chi connectivity index (χ4n) is 3.57. The molecule has 140 valence electrons. The highest BCUT2D eigenvalue weighted by atomic mass is 19.1. The van der Waals surface area contributed by atoms with Crippen LogP contribution in [0.3, 0.4) is 0 Å². The topological polar surface area (TPSA) is 41.4 Å². The van der Waals surface area contributed by atoms with Crippen LogP contribution in [0, 0.1) is 18.7 Å². The Morgan fingerprint density at radius 1 is 1.31 bits per heavy atom. The number of benzene rings is 1. The van der Waals surface area contributed by atoms with E-state index in [9.17, 15) is 9.18 Å². The number of hydrogen-bond acceptors (Lipinski definition) is 3. The summed E-state index contributed by atoms with van der Waals surface area (Å²) in [5.74, 6) is 0.192. The minimum Gasteiger partial charge on any atom is -0.333 e. The Bertz CT molecular complexity index is 786. The molecule has 1 atom stereocenters. The van der Waals surface area contributed by atoms with Crippen molar-refractivity contribution >= 4 is 5.91 Å². The second-order valence-corrected chi connectivity index (χ2v) is 7.40. The molecule has 3 rings (SSSR count). The van der Waals surface area contributed by atoms with E-state index >= 15 is 0 Å². The van der Waals surface area contributed by atoms with Crippen LogP contribution in [0.1, 0.15) is 35.5 Å². The maximum atomic E-state index is 14.0. The van der Waals surface area contributed by atoms with Gasteiger partial charge in [0.25, 0.3) is 5.91 Å². The van der Waals surface area contributed by atoms with Gasteiger partial charge in [0.05, 0.1) is 11.8 Å². The van der Waals surface area contributed by atoms with Crippen molar-refractivity contribution in [3.8, 4) is 0 Å². The lowest BCUT2D eigenvalue weighted by Crippen LogP contribution is -2.56. The molecule has 1 aromatic heterocycles. The van der Waals surface area contributed by atoms with E-state index in [0.717, 1.165) is 18.8 Å². The Hall–Kier alpha value is -2.21. The Kier molecular flexibility index (Phi) is 5.41. The molecule has 0 aliphatic carbocycles. The molecule has 0 spiro atoms. The molecule has 2 aromatic rings. The maximum absolute atomic E-state index is 14.0. The van der Waals surface area contributed by atoms with Crippen molar-refractivity contribution in [1.82, 2.24) is 19.6 Å². The van der Waals surface area contributed by atoms with Gasteiger partial charge in [0.15, 0.2) is 0 Å². The van der Waals surface area contributed by atoms with Gasteiger partial charge in [-0.1, -0.05) is 32.0 Å². The fraction of sp³-hybridized carbons (Fsp3) is 0.500. The number of aryl methyl sites for hydroxylation is 1. The predicted molar refractivity (Wildman–Crippen MR) is 99.3 cm³/mol. The second kappa shape index (κ2) is 7.58. The van der Waals surface area contributed by atoms with Crippen LogP contribution >= 0.6 is 0 Å². The molecule has 1 fully saturated rings. The van der Waals surface area contributed by atoms with Gasteiger partial charge in [-0.25, -0.2) is 4.39 Å². The molecule has 1 aliphatic rings. The van der Waals surface area contributed by atoms with Crippen molar-refractivity contribution in [3.63, 3.8) is 0 Å². The number of piperazine rings is 1. The highest BCUT2D eigenvalue weighted by molar-refractivity contribution is 5.95. The Labute approximate surface area is 154 Å². The summed E-state index contributed by atoms with van der Waals surface area (Å²) in [6, 6.07) is 7.00. The molecule has 0 bridgehead atoms. The Morgan fingerprint density at radius 3 is 2.65 bits per heavy atom. The summed E-state index contributed by atoms with van der Waals surface area (Å²) in [6.45, 7) is 8.88. The first kappa shape index (κ1) is 18.6. The van der Waals surface area contributed by atoms with Crippen LogP contribution in [0.25, 0.3) is 0 Å². The van der Waals surface area contributed by atoms with E-state index in [0.29, 0.717) is 30.1 Å². The van der Waals surface area contributed by atoms with Crippen LogP contribution < -0.4 is 0 Å². The molecule has 5 nitrogen and oxygen atoms in total. The summed E-state index contributed by atoms with van der Waals surface area (Å²) in [7, 11) is 1.85. The van der Waals surface area contributed by atoms with Crippen molar-refractivity contribution in [1.29, 1.82) is 0 Å². The third-order valence-corrected chi connectivity index (χ3v) is 5.35. The Morgan fingerprint density at radius 2 is 2.04 bits per heavy atom. The number of amides is 1. The minimum atomic E-state index is -0.168. The van der Waals surface area contributed by atoms with Crippen molar-refractivity contribution in [2.24, 2.45) is 13.0 Å². The summed E-state index contributed by atoms with van der Waals surface area (Å²) in [5, 5.41) is 4.20. The van der Waals surface area contributed by atoms with Gasteiger partial charge in [-0.15, -0.1) is 0 Å². The third-order valence-electron chi connectivity index (χ3n) is 5.35. The number of rotatable bonds is 4. The molecule has 1 aromatic carbocycles. The number of carbonyl (C=O) groups excluding carboxylic acids is 1. The smallest absolute Gasteiger partial charge is 0.257 e. The largest absolute Gasteiger partial charge is 0.333 e. The summed E-state index contributed by atoms with van der Waals surface area (Å²) < 4.78 is 15.7.